The Bertz CT molecular complexity index is 931. The first-order chi connectivity index (χ1) is 13.9. The Morgan fingerprint density at radius 2 is 2.07 bits per heavy atom. The number of urea groups is 1. The van der Waals surface area contributed by atoms with Crippen LogP contribution in [0, 0.1) is 11.7 Å². The molecule has 1 fully saturated rings. The van der Waals surface area contributed by atoms with Crippen LogP contribution in [0.25, 0.3) is 0 Å². The van der Waals surface area contributed by atoms with Crippen LogP contribution in [-0.4, -0.2) is 51.2 Å². The summed E-state index contributed by atoms with van der Waals surface area (Å²) in [5, 5.41) is 10.7. The Balaban J connectivity index is 1.60. The van der Waals surface area contributed by atoms with E-state index in [1.54, 1.807) is 6.92 Å². The molecule has 2 unspecified atom stereocenters. The van der Waals surface area contributed by atoms with Gasteiger partial charge in [0.1, 0.15) is 5.82 Å². The number of ketones is 1. The number of imide groups is 1. The van der Waals surface area contributed by atoms with Crippen LogP contribution in [0.2, 0.25) is 0 Å². The maximum atomic E-state index is 12.9. The van der Waals surface area contributed by atoms with Gasteiger partial charge in [0.25, 0.3) is 5.22 Å². The number of rotatable bonds is 8. The SMILES string of the molecule is C=CCN1C(=O)NC(C)C(Cc2nnc(SCC(=O)c3ccc(F)cc3)o2)C1=O. The maximum absolute atomic E-state index is 12.9. The molecule has 1 aromatic heterocycles. The van der Waals surface area contributed by atoms with E-state index in [4.69, 9.17) is 4.42 Å². The molecule has 8 nitrogen and oxygen atoms in total. The first kappa shape index (κ1) is 20.7. The number of hydrogen-bond acceptors (Lipinski definition) is 7. The van der Waals surface area contributed by atoms with Crippen LogP contribution < -0.4 is 5.32 Å². The molecule has 0 aliphatic carbocycles. The highest BCUT2D eigenvalue weighted by Crippen LogP contribution is 2.23. The molecule has 10 heteroatoms. The summed E-state index contributed by atoms with van der Waals surface area (Å²) in [7, 11) is 0. The third-order valence-electron chi connectivity index (χ3n) is 4.43. The van der Waals surface area contributed by atoms with Crippen molar-refractivity contribution in [1.29, 1.82) is 0 Å². The van der Waals surface area contributed by atoms with Gasteiger partial charge in [-0.05, 0) is 31.2 Å². The Morgan fingerprint density at radius 1 is 1.34 bits per heavy atom. The van der Waals surface area contributed by atoms with Crippen molar-refractivity contribution in [2.75, 3.05) is 12.3 Å². The molecule has 29 heavy (non-hydrogen) atoms. The Morgan fingerprint density at radius 3 is 2.76 bits per heavy atom. The van der Waals surface area contributed by atoms with Crippen molar-refractivity contribution in [3.8, 4) is 0 Å². The van der Waals surface area contributed by atoms with Crippen LogP contribution >= 0.6 is 11.8 Å². The first-order valence-corrected chi connectivity index (χ1v) is 9.84. The molecule has 2 aromatic rings. The highest BCUT2D eigenvalue weighted by molar-refractivity contribution is 7.99. The Hall–Kier alpha value is -3.01. The van der Waals surface area contributed by atoms with Gasteiger partial charge in [-0.2, -0.15) is 0 Å². The van der Waals surface area contributed by atoms with Gasteiger partial charge in [-0.15, -0.1) is 16.8 Å². The highest BCUT2D eigenvalue weighted by Gasteiger charge is 2.39. The number of carbonyl (C=O) groups is 3. The molecule has 0 bridgehead atoms. The van der Waals surface area contributed by atoms with E-state index >= 15 is 0 Å². The molecule has 1 aliphatic heterocycles. The van der Waals surface area contributed by atoms with Crippen LogP contribution in [0.3, 0.4) is 0 Å². The van der Waals surface area contributed by atoms with E-state index in [0.717, 1.165) is 16.7 Å². The zero-order chi connectivity index (χ0) is 21.0. The average Bonchev–Trinajstić information content (AvgIpc) is 3.14. The lowest BCUT2D eigenvalue weighted by Gasteiger charge is -2.34. The highest BCUT2D eigenvalue weighted by atomic mass is 32.2. The van der Waals surface area contributed by atoms with Gasteiger partial charge in [0.15, 0.2) is 5.78 Å². The predicted octanol–water partition coefficient (Wildman–Crippen LogP) is 2.47. The summed E-state index contributed by atoms with van der Waals surface area (Å²) in [4.78, 5) is 37.7. The molecule has 0 radical (unpaired) electrons. The van der Waals surface area contributed by atoms with Gasteiger partial charge in [0.2, 0.25) is 11.8 Å². The largest absolute Gasteiger partial charge is 0.416 e. The van der Waals surface area contributed by atoms with Gasteiger partial charge >= 0.3 is 6.03 Å². The number of halogens is 1. The Kier molecular flexibility index (Phi) is 6.42. The van der Waals surface area contributed by atoms with E-state index in [-0.39, 0.29) is 47.6 Å². The van der Waals surface area contributed by atoms with Crippen LogP contribution in [0.4, 0.5) is 9.18 Å². The second-order valence-electron chi connectivity index (χ2n) is 6.47. The third kappa shape index (κ3) is 4.89. The van der Waals surface area contributed by atoms with Crippen LogP contribution in [0.1, 0.15) is 23.2 Å². The quantitative estimate of drug-likeness (QED) is 0.399. The lowest BCUT2D eigenvalue weighted by Crippen LogP contribution is -2.59. The second-order valence-corrected chi connectivity index (χ2v) is 7.39. The maximum Gasteiger partial charge on any atom is 0.324 e. The minimum absolute atomic E-state index is 0.0508. The summed E-state index contributed by atoms with van der Waals surface area (Å²) < 4.78 is 18.5. The molecule has 3 amide bonds. The fourth-order valence-electron chi connectivity index (χ4n) is 2.87. The molecule has 152 valence electrons. The average molecular weight is 418 g/mol. The zero-order valence-electron chi connectivity index (χ0n) is 15.6. The van der Waals surface area contributed by atoms with Gasteiger partial charge in [0.05, 0.1) is 11.7 Å². The van der Waals surface area contributed by atoms with Crippen LogP contribution in [0.5, 0.6) is 0 Å². The van der Waals surface area contributed by atoms with Crippen LogP contribution in [0.15, 0.2) is 46.6 Å². The molecular weight excluding hydrogens is 399 g/mol. The molecule has 3 rings (SSSR count). The molecule has 1 aliphatic rings. The van der Waals surface area contributed by atoms with Gasteiger partial charge in [-0.1, -0.05) is 17.8 Å². The molecule has 1 saturated heterocycles. The molecule has 0 saturated carbocycles. The summed E-state index contributed by atoms with van der Waals surface area (Å²) in [5.74, 6) is -1.21. The number of carbonyl (C=O) groups excluding carboxylic acids is 3. The fraction of sp³-hybridized carbons (Fsp3) is 0.316. The molecule has 2 atom stereocenters. The van der Waals surface area contributed by atoms with Crippen molar-refractivity contribution in [3.05, 3.63) is 54.2 Å². The normalized spacial score (nSPS) is 19.2. The summed E-state index contributed by atoms with van der Waals surface area (Å²) in [6.45, 7) is 5.40. The number of hydrogen-bond donors (Lipinski definition) is 1. The van der Waals surface area contributed by atoms with Gasteiger partial charge in [-0.25, -0.2) is 9.18 Å². The zero-order valence-corrected chi connectivity index (χ0v) is 16.4. The number of thioether (sulfide) groups is 1. The molecular formula is C19H19FN4O4S. The molecule has 1 aromatic carbocycles. The molecule has 0 spiro atoms. The minimum atomic E-state index is -0.549. The summed E-state index contributed by atoms with van der Waals surface area (Å²) in [6, 6.07) is 4.42. The smallest absolute Gasteiger partial charge is 0.324 e. The monoisotopic (exact) mass is 418 g/mol. The summed E-state index contributed by atoms with van der Waals surface area (Å²) in [5.41, 5.74) is 0.387. The topological polar surface area (TPSA) is 105 Å². The lowest BCUT2D eigenvalue weighted by atomic mass is 9.93. The fourth-order valence-corrected chi connectivity index (χ4v) is 3.54. The molecule has 1 N–H and O–H groups in total. The van der Waals surface area contributed by atoms with Crippen molar-refractivity contribution in [2.45, 2.75) is 24.6 Å². The number of nitrogens with zero attached hydrogens (tertiary/aromatic N) is 3. The lowest BCUT2D eigenvalue weighted by molar-refractivity contribution is -0.134. The minimum Gasteiger partial charge on any atom is -0.416 e. The number of benzene rings is 1. The van der Waals surface area contributed by atoms with Gasteiger partial charge in [0, 0.05) is 24.6 Å². The van der Waals surface area contributed by atoms with Crippen molar-refractivity contribution in [2.24, 2.45) is 5.92 Å². The van der Waals surface area contributed by atoms with E-state index in [1.165, 1.54) is 30.3 Å². The van der Waals surface area contributed by atoms with E-state index in [1.807, 2.05) is 0 Å². The summed E-state index contributed by atoms with van der Waals surface area (Å²) >= 11 is 1.06. The second kappa shape index (κ2) is 8.99. The standard InChI is InChI=1S/C19H19FN4O4S/c1-3-8-24-17(26)14(11(2)21-18(24)27)9-16-22-23-19(28-16)29-10-15(25)12-4-6-13(20)7-5-12/h3-7,11,14H,1,8-10H2,2H3,(H,21,27). The first-order valence-electron chi connectivity index (χ1n) is 8.85. The van der Waals surface area contributed by atoms with Gasteiger partial charge in [-0.3, -0.25) is 14.5 Å². The number of amides is 3. The van der Waals surface area contributed by atoms with Crippen molar-refractivity contribution < 1.29 is 23.2 Å². The predicted molar refractivity (Wildman–Crippen MR) is 103 cm³/mol. The third-order valence-corrected chi connectivity index (χ3v) is 5.25. The van der Waals surface area contributed by atoms with E-state index in [2.05, 4.69) is 22.1 Å². The van der Waals surface area contributed by atoms with Gasteiger partial charge < -0.3 is 9.73 Å². The Labute approximate surface area is 170 Å². The van der Waals surface area contributed by atoms with Crippen molar-refractivity contribution in [1.82, 2.24) is 20.4 Å². The van der Waals surface area contributed by atoms with Crippen LogP contribution in [-0.2, 0) is 11.2 Å². The van der Waals surface area contributed by atoms with Crippen molar-refractivity contribution >= 4 is 29.5 Å². The summed E-state index contributed by atoms with van der Waals surface area (Å²) in [6.07, 6.45) is 1.64. The van der Waals surface area contributed by atoms with Crippen molar-refractivity contribution in [3.63, 3.8) is 0 Å². The molecule has 2 heterocycles. The number of aromatic nitrogens is 2. The van der Waals surface area contributed by atoms with E-state index < -0.39 is 17.8 Å². The number of Topliss-reactive ketones (excluding diaryl/α,β-unsaturated/α-hetero) is 1. The van der Waals surface area contributed by atoms with E-state index in [9.17, 15) is 18.8 Å². The number of nitrogens with one attached hydrogen (secondary N) is 1. The van der Waals surface area contributed by atoms with E-state index in [0.29, 0.717) is 5.56 Å².